The topological polar surface area (TPSA) is 123 Å². The van der Waals surface area contributed by atoms with Crippen molar-refractivity contribution in [2.75, 3.05) is 10.6 Å². The number of rotatable bonds is 6. The molecule has 0 aliphatic heterocycles. The van der Waals surface area contributed by atoms with Gasteiger partial charge in [0.15, 0.2) is 10.9 Å². The number of hydrogen-bond donors (Lipinski definition) is 2. The Morgan fingerprint density at radius 3 is 2.26 bits per heavy atom. The van der Waals surface area contributed by atoms with Crippen LogP contribution in [0, 0.1) is 24.0 Å². The van der Waals surface area contributed by atoms with E-state index in [0.29, 0.717) is 16.4 Å². The summed E-state index contributed by atoms with van der Waals surface area (Å²) in [7, 11) is 0. The second kappa shape index (κ2) is 7.46. The molecule has 9 nitrogen and oxygen atoms in total. The Bertz CT molecular complexity index is 997. The summed E-state index contributed by atoms with van der Waals surface area (Å²) in [6.45, 7) is 5.25. The van der Waals surface area contributed by atoms with Crippen LogP contribution < -0.4 is 10.6 Å². The van der Waals surface area contributed by atoms with Crippen molar-refractivity contribution >= 4 is 45.3 Å². The zero-order valence-corrected chi connectivity index (χ0v) is 15.6. The molecule has 3 rings (SSSR count). The molecule has 0 fully saturated rings. The number of carbonyl (C=O) groups excluding carboxylic acids is 1. The van der Waals surface area contributed by atoms with Gasteiger partial charge in [0, 0.05) is 16.1 Å². The maximum absolute atomic E-state index is 11.6. The van der Waals surface area contributed by atoms with Crippen molar-refractivity contribution in [2.45, 2.75) is 20.8 Å². The first-order valence-corrected chi connectivity index (χ1v) is 8.75. The monoisotopic (exact) mass is 384 g/mol. The summed E-state index contributed by atoms with van der Waals surface area (Å²) in [5, 5.41) is 17.9. The van der Waals surface area contributed by atoms with Crippen molar-refractivity contribution in [2.24, 2.45) is 0 Å². The van der Waals surface area contributed by atoms with Crippen LogP contribution in [0.2, 0.25) is 0 Å². The van der Waals surface area contributed by atoms with Gasteiger partial charge in [0.1, 0.15) is 6.33 Å². The summed E-state index contributed by atoms with van der Waals surface area (Å²) in [4.78, 5) is 35.7. The van der Waals surface area contributed by atoms with Crippen molar-refractivity contribution in [1.82, 2.24) is 15.0 Å². The molecular weight excluding hydrogens is 368 g/mol. The summed E-state index contributed by atoms with van der Waals surface area (Å²) in [5.74, 6) is 0.0276. The maximum Gasteiger partial charge on any atom is 0.353 e. The van der Waals surface area contributed by atoms with E-state index in [4.69, 9.17) is 0 Å². The van der Waals surface area contributed by atoms with E-state index in [1.165, 1.54) is 24.6 Å². The highest BCUT2D eigenvalue weighted by molar-refractivity contribution is 7.15. The van der Waals surface area contributed by atoms with Gasteiger partial charge in [0.25, 0.3) is 0 Å². The van der Waals surface area contributed by atoms with Crippen LogP contribution in [0.4, 0.5) is 28.1 Å². The Morgan fingerprint density at radius 1 is 1.11 bits per heavy atom. The van der Waals surface area contributed by atoms with Gasteiger partial charge in [-0.3, -0.25) is 14.9 Å². The minimum atomic E-state index is -0.554. The zero-order valence-electron chi connectivity index (χ0n) is 14.8. The van der Waals surface area contributed by atoms with Crippen molar-refractivity contribution in [3.05, 3.63) is 56.8 Å². The zero-order chi connectivity index (χ0) is 19.6. The van der Waals surface area contributed by atoms with E-state index < -0.39 is 4.92 Å². The first-order valence-electron chi connectivity index (χ1n) is 7.93. The molecule has 138 valence electrons. The van der Waals surface area contributed by atoms with Gasteiger partial charge in [0.05, 0.1) is 10.6 Å². The van der Waals surface area contributed by atoms with Crippen LogP contribution in [0.5, 0.6) is 0 Å². The van der Waals surface area contributed by atoms with E-state index in [-0.39, 0.29) is 23.1 Å². The minimum absolute atomic E-state index is 0.0399. The van der Waals surface area contributed by atoms with Crippen LogP contribution in [0.25, 0.3) is 0 Å². The number of carbonyl (C=O) groups is 1. The minimum Gasteiger partial charge on any atom is -0.334 e. The number of anilines is 4. The van der Waals surface area contributed by atoms with E-state index in [2.05, 4.69) is 25.6 Å². The summed E-state index contributed by atoms with van der Waals surface area (Å²) in [5.41, 5.74) is 1.67. The van der Waals surface area contributed by atoms with E-state index in [9.17, 15) is 14.9 Å². The molecule has 0 aliphatic rings. The molecule has 27 heavy (non-hydrogen) atoms. The molecule has 0 amide bonds. The lowest BCUT2D eigenvalue weighted by atomic mass is 10.1. The van der Waals surface area contributed by atoms with E-state index in [1.807, 2.05) is 13.8 Å². The number of benzene rings is 1. The standard InChI is InChI=1S/C17H16N6O3S/c1-9-11(3)27-17(20-9)22-16-14(23(25)26)15(18-8-19-16)21-13-6-4-12(5-7-13)10(2)24/h4-8H,1-3H3,(H2,18,19,20,21,22). The number of nitro groups is 1. The van der Waals surface area contributed by atoms with E-state index >= 15 is 0 Å². The largest absolute Gasteiger partial charge is 0.353 e. The Morgan fingerprint density at radius 2 is 1.74 bits per heavy atom. The summed E-state index contributed by atoms with van der Waals surface area (Å²) < 4.78 is 0. The van der Waals surface area contributed by atoms with Gasteiger partial charge >= 0.3 is 5.69 Å². The average molecular weight is 384 g/mol. The third-order valence-corrected chi connectivity index (χ3v) is 4.80. The van der Waals surface area contributed by atoms with Crippen LogP contribution in [0.1, 0.15) is 27.9 Å². The van der Waals surface area contributed by atoms with Crippen molar-refractivity contribution in [1.29, 1.82) is 0 Å². The quantitative estimate of drug-likeness (QED) is 0.369. The second-order valence-electron chi connectivity index (χ2n) is 5.72. The van der Waals surface area contributed by atoms with E-state index in [0.717, 1.165) is 10.6 Å². The van der Waals surface area contributed by atoms with Crippen molar-refractivity contribution < 1.29 is 9.72 Å². The summed E-state index contributed by atoms with van der Waals surface area (Å²) in [6, 6.07) is 6.59. The fourth-order valence-electron chi connectivity index (χ4n) is 2.29. The number of aromatic nitrogens is 3. The molecule has 1 aromatic carbocycles. The van der Waals surface area contributed by atoms with Crippen molar-refractivity contribution in [3.63, 3.8) is 0 Å². The smallest absolute Gasteiger partial charge is 0.334 e. The third-order valence-electron chi connectivity index (χ3n) is 3.81. The third kappa shape index (κ3) is 4.06. The van der Waals surface area contributed by atoms with Crippen LogP contribution in [0.15, 0.2) is 30.6 Å². The molecule has 2 heterocycles. The normalized spacial score (nSPS) is 10.5. The molecule has 0 saturated carbocycles. The predicted molar refractivity (Wildman–Crippen MR) is 103 cm³/mol. The first kappa shape index (κ1) is 18.4. The fourth-order valence-corrected chi connectivity index (χ4v) is 3.10. The number of hydrogen-bond acceptors (Lipinski definition) is 9. The Kier molecular flexibility index (Phi) is 5.08. The average Bonchev–Trinajstić information content (AvgIpc) is 2.92. The molecule has 0 aliphatic carbocycles. The lowest BCUT2D eigenvalue weighted by Crippen LogP contribution is -2.05. The number of aryl methyl sites for hydroxylation is 2. The number of nitrogens with zero attached hydrogens (tertiary/aromatic N) is 4. The fraction of sp³-hybridized carbons (Fsp3) is 0.176. The molecule has 2 aromatic heterocycles. The SMILES string of the molecule is CC(=O)c1ccc(Nc2ncnc(Nc3nc(C)c(C)s3)c2[N+](=O)[O-])cc1. The highest BCUT2D eigenvalue weighted by atomic mass is 32.1. The molecule has 0 atom stereocenters. The molecule has 3 aromatic rings. The second-order valence-corrected chi connectivity index (χ2v) is 6.92. The van der Waals surface area contributed by atoms with Crippen LogP contribution in [-0.4, -0.2) is 25.7 Å². The number of ketones is 1. The van der Waals surface area contributed by atoms with Crippen LogP contribution in [0.3, 0.4) is 0 Å². The van der Waals surface area contributed by atoms with Crippen LogP contribution >= 0.6 is 11.3 Å². The lowest BCUT2D eigenvalue weighted by molar-refractivity contribution is -0.383. The highest BCUT2D eigenvalue weighted by Gasteiger charge is 2.24. The Labute approximate surface area is 158 Å². The maximum atomic E-state index is 11.6. The van der Waals surface area contributed by atoms with Crippen LogP contribution in [-0.2, 0) is 0 Å². The van der Waals surface area contributed by atoms with Gasteiger partial charge in [-0.2, -0.15) is 0 Å². The number of thiazole rings is 1. The van der Waals surface area contributed by atoms with Gasteiger partial charge in [-0.1, -0.05) is 0 Å². The molecular formula is C17H16N6O3S. The molecule has 0 saturated heterocycles. The predicted octanol–water partition coefficient (Wildman–Crippen LogP) is 4.15. The summed E-state index contributed by atoms with van der Waals surface area (Å²) in [6.07, 6.45) is 1.23. The molecule has 0 unspecified atom stereocenters. The number of nitrogens with one attached hydrogen (secondary N) is 2. The van der Waals surface area contributed by atoms with Gasteiger partial charge < -0.3 is 10.6 Å². The lowest BCUT2D eigenvalue weighted by Gasteiger charge is -2.09. The molecule has 0 bridgehead atoms. The first-order chi connectivity index (χ1) is 12.8. The van der Waals surface area contributed by atoms with Gasteiger partial charge in [0.2, 0.25) is 11.6 Å². The van der Waals surface area contributed by atoms with Crippen molar-refractivity contribution in [3.8, 4) is 0 Å². The van der Waals surface area contributed by atoms with E-state index in [1.54, 1.807) is 24.3 Å². The Balaban J connectivity index is 1.93. The number of Topliss-reactive ketones (excluding diaryl/α,β-unsaturated/α-hetero) is 1. The molecule has 2 N–H and O–H groups in total. The highest BCUT2D eigenvalue weighted by Crippen LogP contribution is 2.34. The molecule has 10 heteroatoms. The van der Waals surface area contributed by atoms with Gasteiger partial charge in [-0.05, 0) is 45.0 Å². The Hall–Kier alpha value is -3.40. The summed E-state index contributed by atoms with van der Waals surface area (Å²) >= 11 is 1.39. The molecule has 0 radical (unpaired) electrons. The molecule has 0 spiro atoms. The van der Waals surface area contributed by atoms with Gasteiger partial charge in [-0.15, -0.1) is 11.3 Å². The van der Waals surface area contributed by atoms with Gasteiger partial charge in [-0.25, -0.2) is 15.0 Å².